The third kappa shape index (κ3) is 2.30. The molecule has 2 amide bonds. The Morgan fingerprint density at radius 3 is 2.86 bits per heavy atom. The zero-order valence-electron chi connectivity index (χ0n) is 12.8. The molecule has 1 aromatic heterocycles. The molecule has 1 saturated heterocycles. The van der Waals surface area contributed by atoms with E-state index < -0.39 is 0 Å². The third-order valence-electron chi connectivity index (χ3n) is 5.25. The van der Waals surface area contributed by atoms with Gasteiger partial charge in [-0.15, -0.1) is 0 Å². The average Bonchev–Trinajstić information content (AvgIpc) is 3.06. The molecule has 4 rings (SSSR count). The van der Waals surface area contributed by atoms with E-state index in [-0.39, 0.29) is 23.8 Å². The van der Waals surface area contributed by atoms with Crippen molar-refractivity contribution in [2.24, 2.45) is 5.92 Å². The molecule has 1 atom stereocenters. The smallest absolute Gasteiger partial charge is 0.226 e. The summed E-state index contributed by atoms with van der Waals surface area (Å²) in [4.78, 5) is 28.4. The Balaban J connectivity index is 1.52. The fourth-order valence-electron chi connectivity index (χ4n) is 3.76. The minimum absolute atomic E-state index is 0.0878. The van der Waals surface area contributed by atoms with Crippen molar-refractivity contribution in [1.29, 1.82) is 0 Å². The van der Waals surface area contributed by atoms with E-state index in [1.807, 2.05) is 20.5 Å². The molecule has 118 valence electrons. The Morgan fingerprint density at radius 1 is 1.32 bits per heavy atom. The number of carbonyl (C=O) groups is 2. The first kappa shape index (κ1) is 13.8. The predicted molar refractivity (Wildman–Crippen MR) is 79.8 cm³/mol. The Kier molecular flexibility index (Phi) is 3.39. The topological polar surface area (TPSA) is 58.4 Å². The Hall–Kier alpha value is -1.85. The number of rotatable bonds is 3. The fourth-order valence-corrected chi connectivity index (χ4v) is 3.76. The van der Waals surface area contributed by atoms with Crippen molar-refractivity contribution >= 4 is 11.8 Å². The largest absolute Gasteiger partial charge is 0.340 e. The Bertz CT molecular complexity index is 593. The van der Waals surface area contributed by atoms with Crippen LogP contribution in [0, 0.1) is 5.92 Å². The monoisotopic (exact) mass is 302 g/mol. The van der Waals surface area contributed by atoms with Crippen LogP contribution in [0.1, 0.15) is 43.8 Å². The first-order valence-corrected chi connectivity index (χ1v) is 8.31. The highest BCUT2D eigenvalue weighted by molar-refractivity contribution is 5.80. The van der Waals surface area contributed by atoms with E-state index in [4.69, 9.17) is 0 Å². The molecule has 1 saturated carbocycles. The fraction of sp³-hybridized carbons (Fsp3) is 0.688. The first-order chi connectivity index (χ1) is 10.7. The van der Waals surface area contributed by atoms with Crippen LogP contribution in [0.15, 0.2) is 12.3 Å². The molecule has 0 radical (unpaired) electrons. The van der Waals surface area contributed by atoms with Crippen molar-refractivity contribution in [2.75, 3.05) is 19.6 Å². The predicted octanol–water partition coefficient (Wildman–Crippen LogP) is 1.19. The van der Waals surface area contributed by atoms with Gasteiger partial charge < -0.3 is 9.80 Å². The van der Waals surface area contributed by atoms with Crippen LogP contribution in [-0.4, -0.2) is 51.0 Å². The lowest BCUT2D eigenvalue weighted by Gasteiger charge is -2.38. The van der Waals surface area contributed by atoms with Crippen LogP contribution in [0.3, 0.4) is 0 Å². The van der Waals surface area contributed by atoms with E-state index >= 15 is 0 Å². The number of amides is 2. The average molecular weight is 302 g/mol. The summed E-state index contributed by atoms with van der Waals surface area (Å²) >= 11 is 0. The highest BCUT2D eigenvalue weighted by atomic mass is 16.2. The third-order valence-corrected chi connectivity index (χ3v) is 5.25. The van der Waals surface area contributed by atoms with E-state index in [9.17, 15) is 9.59 Å². The SMILES string of the molecule is O=C1CCCN1C[C@@H]1CN(C(=O)C2CCC2)Cc2ccnn21. The summed E-state index contributed by atoms with van der Waals surface area (Å²) in [5.74, 6) is 0.746. The quantitative estimate of drug-likeness (QED) is 0.842. The van der Waals surface area contributed by atoms with Crippen molar-refractivity contribution in [1.82, 2.24) is 19.6 Å². The van der Waals surface area contributed by atoms with E-state index in [2.05, 4.69) is 5.10 Å². The van der Waals surface area contributed by atoms with E-state index in [0.29, 0.717) is 26.1 Å². The number of fused-ring (bicyclic) bond motifs is 1. The number of aromatic nitrogens is 2. The summed E-state index contributed by atoms with van der Waals surface area (Å²) < 4.78 is 2.01. The summed E-state index contributed by atoms with van der Waals surface area (Å²) in [6.07, 6.45) is 6.64. The van der Waals surface area contributed by atoms with Crippen LogP contribution in [0.4, 0.5) is 0 Å². The number of carbonyl (C=O) groups excluding carboxylic acids is 2. The van der Waals surface area contributed by atoms with E-state index in [0.717, 1.165) is 31.5 Å². The summed E-state index contributed by atoms with van der Waals surface area (Å²) in [7, 11) is 0. The Morgan fingerprint density at radius 2 is 2.18 bits per heavy atom. The van der Waals surface area contributed by atoms with Gasteiger partial charge in [-0.3, -0.25) is 14.3 Å². The molecule has 0 aromatic carbocycles. The van der Waals surface area contributed by atoms with Crippen molar-refractivity contribution in [2.45, 2.75) is 44.7 Å². The standard InChI is InChI=1S/C16H22N4O2/c21-15-5-2-8-18(15)10-14-11-19(16(22)12-3-1-4-12)9-13-6-7-17-20(13)14/h6-7,12,14H,1-5,8-11H2/t14-/m1/s1. The highest BCUT2D eigenvalue weighted by Crippen LogP contribution is 2.31. The normalized spacial score (nSPS) is 25.3. The second-order valence-corrected chi connectivity index (χ2v) is 6.71. The molecule has 6 heteroatoms. The van der Waals surface area contributed by atoms with Gasteiger partial charge in [-0.1, -0.05) is 6.42 Å². The number of hydrogen-bond donors (Lipinski definition) is 0. The van der Waals surface area contributed by atoms with E-state index in [1.165, 1.54) is 6.42 Å². The summed E-state index contributed by atoms with van der Waals surface area (Å²) in [5, 5.41) is 4.42. The van der Waals surface area contributed by atoms with Gasteiger partial charge in [-0.2, -0.15) is 5.10 Å². The van der Waals surface area contributed by atoms with Gasteiger partial charge >= 0.3 is 0 Å². The van der Waals surface area contributed by atoms with Gasteiger partial charge in [0.1, 0.15) is 0 Å². The maximum absolute atomic E-state index is 12.6. The highest BCUT2D eigenvalue weighted by Gasteiger charge is 2.35. The van der Waals surface area contributed by atoms with Gasteiger partial charge in [-0.05, 0) is 25.3 Å². The molecule has 2 aliphatic heterocycles. The zero-order valence-corrected chi connectivity index (χ0v) is 12.8. The van der Waals surface area contributed by atoms with Crippen LogP contribution < -0.4 is 0 Å². The molecule has 1 aromatic rings. The molecule has 22 heavy (non-hydrogen) atoms. The lowest BCUT2D eigenvalue weighted by atomic mass is 9.84. The van der Waals surface area contributed by atoms with Gasteiger partial charge in [0.15, 0.2) is 0 Å². The molecular formula is C16H22N4O2. The molecule has 0 spiro atoms. The molecule has 6 nitrogen and oxygen atoms in total. The van der Waals surface area contributed by atoms with Crippen molar-refractivity contribution in [3.05, 3.63) is 18.0 Å². The summed E-state index contributed by atoms with van der Waals surface area (Å²) in [6, 6.07) is 2.07. The minimum Gasteiger partial charge on any atom is -0.340 e. The van der Waals surface area contributed by atoms with E-state index in [1.54, 1.807) is 6.20 Å². The molecule has 0 N–H and O–H groups in total. The number of likely N-dealkylation sites (tertiary alicyclic amines) is 1. The lowest BCUT2D eigenvalue weighted by molar-refractivity contribution is -0.140. The Labute approximate surface area is 130 Å². The molecule has 2 fully saturated rings. The van der Waals surface area contributed by atoms with Crippen LogP contribution in [-0.2, 0) is 16.1 Å². The lowest BCUT2D eigenvalue weighted by Crippen LogP contribution is -2.48. The second-order valence-electron chi connectivity index (χ2n) is 6.71. The van der Waals surface area contributed by atoms with Crippen molar-refractivity contribution in [3.8, 4) is 0 Å². The summed E-state index contributed by atoms with van der Waals surface area (Å²) in [6.45, 7) is 2.83. The first-order valence-electron chi connectivity index (χ1n) is 8.31. The molecule has 1 aliphatic carbocycles. The van der Waals surface area contributed by atoms with Gasteiger partial charge in [0.25, 0.3) is 0 Å². The molecule has 0 unspecified atom stereocenters. The number of hydrogen-bond acceptors (Lipinski definition) is 3. The van der Waals surface area contributed by atoms with Crippen molar-refractivity contribution < 1.29 is 9.59 Å². The van der Waals surface area contributed by atoms with Gasteiger partial charge in [0.05, 0.1) is 18.3 Å². The van der Waals surface area contributed by atoms with Gasteiger partial charge in [-0.25, -0.2) is 0 Å². The summed E-state index contributed by atoms with van der Waals surface area (Å²) in [5.41, 5.74) is 1.08. The molecule has 3 heterocycles. The van der Waals surface area contributed by atoms with Crippen LogP contribution >= 0.6 is 0 Å². The minimum atomic E-state index is 0.0878. The maximum atomic E-state index is 12.6. The van der Waals surface area contributed by atoms with Crippen LogP contribution in [0.5, 0.6) is 0 Å². The number of nitrogens with zero attached hydrogens (tertiary/aromatic N) is 4. The van der Waals surface area contributed by atoms with Gasteiger partial charge in [0.2, 0.25) is 11.8 Å². The second kappa shape index (κ2) is 5.41. The molecule has 3 aliphatic rings. The zero-order chi connectivity index (χ0) is 15.1. The van der Waals surface area contributed by atoms with Gasteiger partial charge in [0, 0.05) is 38.2 Å². The molecular weight excluding hydrogens is 280 g/mol. The van der Waals surface area contributed by atoms with Crippen molar-refractivity contribution in [3.63, 3.8) is 0 Å². The van der Waals surface area contributed by atoms with Crippen LogP contribution in [0.2, 0.25) is 0 Å². The van der Waals surface area contributed by atoms with Crippen LogP contribution in [0.25, 0.3) is 0 Å². The molecule has 0 bridgehead atoms. The maximum Gasteiger partial charge on any atom is 0.226 e.